The molecule has 3 aromatic rings. The fourth-order valence-corrected chi connectivity index (χ4v) is 3.67. The molecule has 0 heterocycles. The lowest BCUT2D eigenvalue weighted by molar-refractivity contribution is -0.115. The van der Waals surface area contributed by atoms with Crippen molar-refractivity contribution in [1.82, 2.24) is 0 Å². The summed E-state index contributed by atoms with van der Waals surface area (Å²) >= 11 is 1.54. The molecule has 3 aromatic carbocycles. The minimum absolute atomic E-state index is 0.145. The van der Waals surface area contributed by atoms with Gasteiger partial charge in [-0.1, -0.05) is 36.4 Å². The lowest BCUT2D eigenvalue weighted by Gasteiger charge is -2.15. The number of carbonyl (C=O) groups is 2. The number of ether oxygens (including phenoxy) is 1. The van der Waals surface area contributed by atoms with Crippen molar-refractivity contribution in [3.05, 3.63) is 89.7 Å². The fourth-order valence-electron chi connectivity index (χ4n) is 2.82. The number of benzene rings is 3. The minimum Gasteiger partial charge on any atom is -0.495 e. The Labute approximate surface area is 185 Å². The lowest BCUT2D eigenvalue weighted by Crippen LogP contribution is -2.22. The van der Waals surface area contributed by atoms with E-state index in [4.69, 9.17) is 4.74 Å². The molecule has 160 valence electrons. The van der Waals surface area contributed by atoms with E-state index in [1.54, 1.807) is 18.2 Å². The fraction of sp³-hybridized carbons (Fsp3) is 0.167. The normalized spacial score (nSPS) is 11.5. The molecular formula is C24H23FN2O3S. The standard InChI is InChI=1S/C24H23FN2O3S/c1-16(31-15-17-7-4-3-5-8-17)23(28)26-20-11-12-22(30-2)21(14-20)27-24(29)18-9-6-10-19(25)13-18/h3-14,16H,15H2,1-2H3,(H,26,28)(H,27,29). The smallest absolute Gasteiger partial charge is 0.255 e. The van der Waals surface area contributed by atoms with Crippen LogP contribution in [0.5, 0.6) is 5.75 Å². The molecule has 0 fully saturated rings. The van der Waals surface area contributed by atoms with Crippen molar-refractivity contribution in [2.24, 2.45) is 0 Å². The molecule has 0 aliphatic heterocycles. The van der Waals surface area contributed by atoms with Crippen molar-refractivity contribution in [2.45, 2.75) is 17.9 Å². The average Bonchev–Trinajstić information content (AvgIpc) is 2.78. The summed E-state index contributed by atoms with van der Waals surface area (Å²) < 4.78 is 18.7. The Balaban J connectivity index is 1.66. The van der Waals surface area contributed by atoms with E-state index in [0.717, 1.165) is 17.4 Å². The Kier molecular flexibility index (Phi) is 7.67. The summed E-state index contributed by atoms with van der Waals surface area (Å²) in [5, 5.41) is 5.30. The maximum Gasteiger partial charge on any atom is 0.255 e. The molecule has 0 radical (unpaired) electrons. The number of thioether (sulfide) groups is 1. The predicted molar refractivity (Wildman–Crippen MR) is 123 cm³/mol. The van der Waals surface area contributed by atoms with Crippen molar-refractivity contribution >= 4 is 35.0 Å². The highest BCUT2D eigenvalue weighted by atomic mass is 32.2. The first-order valence-corrected chi connectivity index (χ1v) is 10.7. The Bertz CT molecular complexity index is 1060. The van der Waals surface area contributed by atoms with Gasteiger partial charge in [0.05, 0.1) is 18.0 Å². The van der Waals surface area contributed by atoms with Gasteiger partial charge in [0.15, 0.2) is 0 Å². The molecule has 7 heteroatoms. The lowest BCUT2D eigenvalue weighted by atomic mass is 10.2. The Hall–Kier alpha value is -3.32. The van der Waals surface area contributed by atoms with Gasteiger partial charge < -0.3 is 15.4 Å². The Morgan fingerprint density at radius 1 is 1.00 bits per heavy atom. The summed E-state index contributed by atoms with van der Waals surface area (Å²) in [5.41, 5.74) is 2.23. The summed E-state index contributed by atoms with van der Waals surface area (Å²) in [4.78, 5) is 25.1. The van der Waals surface area contributed by atoms with Crippen LogP contribution in [0.1, 0.15) is 22.8 Å². The van der Waals surface area contributed by atoms with Crippen LogP contribution < -0.4 is 15.4 Å². The maximum absolute atomic E-state index is 13.4. The van der Waals surface area contributed by atoms with Gasteiger partial charge in [0.1, 0.15) is 11.6 Å². The number of rotatable bonds is 8. The predicted octanol–water partition coefficient (Wildman–Crippen LogP) is 5.35. The second-order valence-corrected chi connectivity index (χ2v) is 8.14. The summed E-state index contributed by atoms with van der Waals surface area (Å²) in [6.07, 6.45) is 0. The van der Waals surface area contributed by atoms with Gasteiger partial charge in [-0.25, -0.2) is 4.39 Å². The molecule has 5 nitrogen and oxygen atoms in total. The monoisotopic (exact) mass is 438 g/mol. The van der Waals surface area contributed by atoms with Crippen LogP contribution in [-0.2, 0) is 10.5 Å². The zero-order valence-corrected chi connectivity index (χ0v) is 18.0. The number of halogens is 1. The summed E-state index contributed by atoms with van der Waals surface area (Å²) in [6.45, 7) is 1.85. The quantitative estimate of drug-likeness (QED) is 0.498. The number of methoxy groups -OCH3 is 1. The van der Waals surface area contributed by atoms with E-state index in [0.29, 0.717) is 17.1 Å². The van der Waals surface area contributed by atoms with Gasteiger partial charge in [-0.15, -0.1) is 11.8 Å². The SMILES string of the molecule is COc1ccc(NC(=O)C(C)SCc2ccccc2)cc1NC(=O)c1cccc(F)c1. The highest BCUT2D eigenvalue weighted by Crippen LogP contribution is 2.29. The molecule has 1 atom stereocenters. The largest absolute Gasteiger partial charge is 0.495 e. The van der Waals surface area contributed by atoms with Gasteiger partial charge in [0, 0.05) is 17.0 Å². The molecule has 2 N–H and O–H groups in total. The Morgan fingerprint density at radius 2 is 1.77 bits per heavy atom. The number of anilines is 2. The van der Waals surface area contributed by atoms with Crippen molar-refractivity contribution in [1.29, 1.82) is 0 Å². The van der Waals surface area contributed by atoms with Crippen molar-refractivity contribution in [3.63, 3.8) is 0 Å². The van der Waals surface area contributed by atoms with Crippen molar-refractivity contribution < 1.29 is 18.7 Å². The highest BCUT2D eigenvalue weighted by Gasteiger charge is 2.16. The number of carbonyl (C=O) groups excluding carboxylic acids is 2. The third-order valence-corrected chi connectivity index (χ3v) is 5.73. The van der Waals surface area contributed by atoms with E-state index in [1.165, 1.54) is 37.1 Å². The summed E-state index contributed by atoms with van der Waals surface area (Å²) in [7, 11) is 1.48. The Morgan fingerprint density at radius 3 is 2.48 bits per heavy atom. The third-order valence-electron chi connectivity index (χ3n) is 4.51. The van der Waals surface area contributed by atoms with Crippen LogP contribution in [0.4, 0.5) is 15.8 Å². The van der Waals surface area contributed by atoms with Gasteiger partial charge in [-0.2, -0.15) is 0 Å². The zero-order chi connectivity index (χ0) is 22.2. The van der Waals surface area contributed by atoms with Gasteiger partial charge >= 0.3 is 0 Å². The molecule has 31 heavy (non-hydrogen) atoms. The molecule has 0 aliphatic rings. The maximum atomic E-state index is 13.4. The molecule has 0 saturated carbocycles. The first-order chi connectivity index (χ1) is 15.0. The van der Waals surface area contributed by atoms with Crippen LogP contribution >= 0.6 is 11.8 Å². The van der Waals surface area contributed by atoms with E-state index in [9.17, 15) is 14.0 Å². The molecule has 1 unspecified atom stereocenters. The van der Waals surface area contributed by atoms with Crippen LogP contribution in [0.2, 0.25) is 0 Å². The molecule has 0 aliphatic carbocycles. The second-order valence-electron chi connectivity index (χ2n) is 6.81. The summed E-state index contributed by atoms with van der Waals surface area (Å²) in [5.74, 6) is 0.0333. The van der Waals surface area contributed by atoms with Crippen LogP contribution in [0.15, 0.2) is 72.8 Å². The van der Waals surface area contributed by atoms with Gasteiger partial charge in [0.25, 0.3) is 5.91 Å². The zero-order valence-electron chi connectivity index (χ0n) is 17.2. The minimum atomic E-state index is -0.498. The molecule has 2 amide bonds. The first-order valence-electron chi connectivity index (χ1n) is 9.67. The highest BCUT2D eigenvalue weighted by molar-refractivity contribution is 7.99. The molecule has 0 spiro atoms. The van der Waals surface area contributed by atoms with Crippen LogP contribution in [0.25, 0.3) is 0 Å². The van der Waals surface area contributed by atoms with Crippen LogP contribution in [0, 0.1) is 5.82 Å². The van der Waals surface area contributed by atoms with Gasteiger partial charge in [-0.3, -0.25) is 9.59 Å². The van der Waals surface area contributed by atoms with Gasteiger partial charge in [-0.05, 0) is 48.9 Å². The third kappa shape index (κ3) is 6.33. The topological polar surface area (TPSA) is 67.4 Å². The number of hydrogen-bond donors (Lipinski definition) is 2. The second kappa shape index (κ2) is 10.6. The molecule has 0 saturated heterocycles. The molecule has 3 rings (SSSR count). The van der Waals surface area contributed by atoms with Crippen molar-refractivity contribution in [2.75, 3.05) is 17.7 Å². The van der Waals surface area contributed by atoms with Crippen molar-refractivity contribution in [3.8, 4) is 5.75 Å². The van der Waals surface area contributed by atoms with Crippen LogP contribution in [0.3, 0.4) is 0 Å². The average molecular weight is 439 g/mol. The first kappa shape index (κ1) is 22.4. The summed E-state index contributed by atoms with van der Waals surface area (Å²) in [6, 6.07) is 20.3. The number of hydrogen-bond acceptors (Lipinski definition) is 4. The van der Waals surface area contributed by atoms with E-state index >= 15 is 0 Å². The number of amides is 2. The molecule has 0 aromatic heterocycles. The van der Waals surface area contributed by atoms with E-state index in [2.05, 4.69) is 10.6 Å². The molecule has 0 bridgehead atoms. The van der Waals surface area contributed by atoms with E-state index in [1.807, 2.05) is 37.3 Å². The van der Waals surface area contributed by atoms with E-state index in [-0.39, 0.29) is 16.7 Å². The number of nitrogens with one attached hydrogen (secondary N) is 2. The van der Waals surface area contributed by atoms with Crippen LogP contribution in [-0.4, -0.2) is 24.2 Å². The van der Waals surface area contributed by atoms with Gasteiger partial charge in [0.2, 0.25) is 5.91 Å². The van der Waals surface area contributed by atoms with E-state index < -0.39 is 11.7 Å². The molecular weight excluding hydrogens is 415 g/mol.